The largest absolute Gasteiger partial charge is 0.396 e. The second-order valence-corrected chi connectivity index (χ2v) is 6.10. The zero-order valence-electron chi connectivity index (χ0n) is 11.8. The predicted octanol–water partition coefficient (Wildman–Crippen LogP) is 2.79. The molecule has 0 spiro atoms. The van der Waals surface area contributed by atoms with Gasteiger partial charge < -0.3 is 4.84 Å². The van der Waals surface area contributed by atoms with Crippen molar-refractivity contribution in [1.82, 2.24) is 0 Å². The molecule has 0 fully saturated rings. The minimum Gasteiger partial charge on any atom is -0.396 e. The molecule has 4 nitrogen and oxygen atoms in total. The Morgan fingerprint density at radius 3 is 2.44 bits per heavy atom. The summed E-state index contributed by atoms with van der Waals surface area (Å²) in [5.41, 5.74) is 0. The van der Waals surface area contributed by atoms with E-state index in [2.05, 4.69) is 11.9 Å². The molecule has 0 aromatic carbocycles. The molecule has 0 radical (unpaired) electrons. The van der Waals surface area contributed by atoms with Crippen LogP contribution in [0.25, 0.3) is 0 Å². The van der Waals surface area contributed by atoms with Gasteiger partial charge in [0.2, 0.25) is 5.90 Å². The van der Waals surface area contributed by atoms with Gasteiger partial charge in [-0.05, 0) is 12.8 Å². The molecular weight excluding hydrogens is 248 g/mol. The molecule has 0 bridgehead atoms. The average Bonchev–Trinajstić information content (AvgIpc) is 2.35. The summed E-state index contributed by atoms with van der Waals surface area (Å²) in [6.07, 6.45) is 10.7. The van der Waals surface area contributed by atoms with Crippen LogP contribution in [-0.4, -0.2) is 28.7 Å². The molecule has 2 N–H and O–H groups in total. The van der Waals surface area contributed by atoms with Crippen molar-refractivity contribution in [1.29, 1.82) is 0 Å². The van der Waals surface area contributed by atoms with Gasteiger partial charge in [0.15, 0.2) is 0 Å². The first kappa shape index (κ1) is 17.6. The number of hydrogen-bond donors (Lipinski definition) is 1. The molecule has 0 amide bonds. The van der Waals surface area contributed by atoms with E-state index in [9.17, 15) is 4.21 Å². The highest BCUT2D eigenvalue weighted by molar-refractivity contribution is 7.84. The molecule has 0 aliphatic carbocycles. The maximum Gasteiger partial charge on any atom is 0.208 e. The van der Waals surface area contributed by atoms with E-state index in [1.165, 1.54) is 32.1 Å². The highest BCUT2D eigenvalue weighted by Crippen LogP contribution is 2.05. The lowest BCUT2D eigenvalue weighted by atomic mass is 10.1. The van der Waals surface area contributed by atoms with Crippen LogP contribution in [0.1, 0.15) is 58.3 Å². The van der Waals surface area contributed by atoms with Gasteiger partial charge in [-0.1, -0.05) is 39.0 Å². The lowest BCUT2D eigenvalue weighted by Gasteiger charge is -2.03. The van der Waals surface area contributed by atoms with Crippen LogP contribution in [0.3, 0.4) is 0 Å². The molecule has 18 heavy (non-hydrogen) atoms. The zero-order valence-corrected chi connectivity index (χ0v) is 12.6. The summed E-state index contributed by atoms with van der Waals surface area (Å²) in [7, 11) is -0.748. The molecule has 0 aliphatic heterocycles. The van der Waals surface area contributed by atoms with Gasteiger partial charge in [0.1, 0.15) is 0 Å². The van der Waals surface area contributed by atoms with E-state index in [-0.39, 0.29) is 0 Å². The fourth-order valence-corrected chi connectivity index (χ4v) is 2.25. The van der Waals surface area contributed by atoms with E-state index in [0.29, 0.717) is 18.1 Å². The molecule has 1 atom stereocenters. The number of nitrogens with zero attached hydrogens (tertiary/aromatic N) is 1. The molecule has 5 heteroatoms. The van der Waals surface area contributed by atoms with Crippen molar-refractivity contribution >= 4 is 16.7 Å². The minimum atomic E-state index is -0.748. The van der Waals surface area contributed by atoms with E-state index >= 15 is 0 Å². The lowest BCUT2D eigenvalue weighted by Crippen LogP contribution is -2.12. The quantitative estimate of drug-likeness (QED) is 0.273. The number of aliphatic imine (C=N–C) groups is 1. The van der Waals surface area contributed by atoms with Crippen molar-refractivity contribution in [2.24, 2.45) is 10.9 Å². The van der Waals surface area contributed by atoms with Gasteiger partial charge in [-0.2, -0.15) is 5.90 Å². The summed E-state index contributed by atoms with van der Waals surface area (Å²) in [5, 5.41) is 0. The van der Waals surface area contributed by atoms with E-state index in [0.717, 1.165) is 19.4 Å². The van der Waals surface area contributed by atoms with Crippen LogP contribution in [0, 0.1) is 0 Å². The molecule has 0 saturated carbocycles. The van der Waals surface area contributed by atoms with Crippen molar-refractivity contribution in [3.8, 4) is 0 Å². The molecule has 0 rings (SSSR count). The van der Waals surface area contributed by atoms with Crippen LogP contribution in [0.15, 0.2) is 4.99 Å². The maximum absolute atomic E-state index is 10.9. The van der Waals surface area contributed by atoms with Crippen molar-refractivity contribution in [3.63, 3.8) is 0 Å². The standard InChI is InChI=1S/C13H28N2O2S/c1-3-4-5-6-7-8-11-15-13(17-14)10-9-12-18(2)16/h3-12,14H2,1-2H3. The Bertz CT molecular complexity index is 245. The highest BCUT2D eigenvalue weighted by atomic mass is 32.2. The number of hydrogen-bond acceptors (Lipinski definition) is 4. The van der Waals surface area contributed by atoms with Crippen LogP contribution >= 0.6 is 0 Å². The van der Waals surface area contributed by atoms with Crippen LogP contribution in [0.4, 0.5) is 0 Å². The van der Waals surface area contributed by atoms with E-state index in [4.69, 9.17) is 10.7 Å². The summed E-state index contributed by atoms with van der Waals surface area (Å²) in [5.74, 6) is 6.44. The number of nitrogens with two attached hydrogens (primary N) is 1. The van der Waals surface area contributed by atoms with Gasteiger partial charge in [0, 0.05) is 35.8 Å². The van der Waals surface area contributed by atoms with E-state index < -0.39 is 10.8 Å². The smallest absolute Gasteiger partial charge is 0.208 e. The SMILES string of the molecule is CCCCCCCCN=C(CCCS(C)=O)ON. The van der Waals surface area contributed by atoms with Gasteiger partial charge in [-0.3, -0.25) is 9.20 Å². The van der Waals surface area contributed by atoms with Crippen molar-refractivity contribution in [2.45, 2.75) is 58.3 Å². The Balaban J connectivity index is 3.54. The maximum atomic E-state index is 10.9. The third-order valence-electron chi connectivity index (χ3n) is 2.76. The topological polar surface area (TPSA) is 64.7 Å². The van der Waals surface area contributed by atoms with Crippen molar-refractivity contribution in [2.75, 3.05) is 18.6 Å². The fraction of sp³-hybridized carbons (Fsp3) is 0.923. The molecule has 0 aromatic heterocycles. The zero-order chi connectivity index (χ0) is 13.6. The highest BCUT2D eigenvalue weighted by Gasteiger charge is 2.00. The molecule has 0 heterocycles. The average molecular weight is 276 g/mol. The van der Waals surface area contributed by atoms with Crippen molar-refractivity contribution < 1.29 is 9.05 Å². The van der Waals surface area contributed by atoms with Gasteiger partial charge >= 0.3 is 0 Å². The Hall–Kier alpha value is -0.420. The first-order valence-corrected chi connectivity index (χ1v) is 8.63. The van der Waals surface area contributed by atoms with Gasteiger partial charge in [0.05, 0.1) is 0 Å². The molecule has 1 unspecified atom stereocenters. The van der Waals surface area contributed by atoms with Crippen LogP contribution in [0.2, 0.25) is 0 Å². The predicted molar refractivity (Wildman–Crippen MR) is 79.1 cm³/mol. The monoisotopic (exact) mass is 276 g/mol. The Morgan fingerprint density at radius 1 is 1.17 bits per heavy atom. The molecule has 108 valence electrons. The lowest BCUT2D eigenvalue weighted by molar-refractivity contribution is 0.308. The summed E-state index contributed by atoms with van der Waals surface area (Å²) in [6, 6.07) is 0. The third kappa shape index (κ3) is 12.0. The summed E-state index contributed by atoms with van der Waals surface area (Å²) in [4.78, 5) is 9.06. The first-order chi connectivity index (χ1) is 8.70. The van der Waals surface area contributed by atoms with Gasteiger partial charge in [-0.15, -0.1) is 0 Å². The Morgan fingerprint density at radius 2 is 1.83 bits per heavy atom. The normalized spacial score (nSPS) is 13.6. The molecule has 0 aromatic rings. The first-order valence-electron chi connectivity index (χ1n) is 6.90. The molecular formula is C13H28N2O2S. The number of unbranched alkanes of at least 4 members (excludes halogenated alkanes) is 5. The summed E-state index contributed by atoms with van der Waals surface area (Å²) in [6.45, 7) is 3.01. The Labute approximate surface area is 114 Å². The molecule has 0 aliphatic rings. The second-order valence-electron chi connectivity index (χ2n) is 4.54. The van der Waals surface area contributed by atoms with Crippen LogP contribution < -0.4 is 5.90 Å². The summed E-state index contributed by atoms with van der Waals surface area (Å²) >= 11 is 0. The van der Waals surface area contributed by atoms with E-state index in [1.54, 1.807) is 6.26 Å². The molecule has 0 saturated heterocycles. The van der Waals surface area contributed by atoms with Gasteiger partial charge in [0.25, 0.3) is 0 Å². The summed E-state index contributed by atoms with van der Waals surface area (Å²) < 4.78 is 10.9. The fourth-order valence-electron chi connectivity index (χ4n) is 1.70. The van der Waals surface area contributed by atoms with Crippen LogP contribution in [0.5, 0.6) is 0 Å². The minimum absolute atomic E-state index is 0.592. The van der Waals surface area contributed by atoms with Crippen molar-refractivity contribution in [3.05, 3.63) is 0 Å². The van der Waals surface area contributed by atoms with Crippen LogP contribution in [-0.2, 0) is 15.6 Å². The Kier molecular flexibility index (Phi) is 12.7. The number of rotatable bonds is 11. The van der Waals surface area contributed by atoms with Gasteiger partial charge in [-0.25, -0.2) is 0 Å². The third-order valence-corrected chi connectivity index (χ3v) is 3.62. The second kappa shape index (κ2) is 13.0. The van der Waals surface area contributed by atoms with E-state index in [1.807, 2.05) is 0 Å².